The fourth-order valence-corrected chi connectivity index (χ4v) is 1.98. The maximum atomic E-state index is 12.0. The van der Waals surface area contributed by atoms with E-state index in [0.717, 1.165) is 25.9 Å². The summed E-state index contributed by atoms with van der Waals surface area (Å²) in [6.07, 6.45) is 2.83. The van der Waals surface area contributed by atoms with E-state index in [9.17, 15) is 4.79 Å². The second-order valence-corrected chi connectivity index (χ2v) is 5.72. The number of nitrogens with zero attached hydrogens (tertiary/aromatic N) is 1. The highest BCUT2D eigenvalue weighted by Crippen LogP contribution is 2.21. The van der Waals surface area contributed by atoms with Gasteiger partial charge < -0.3 is 10.2 Å². The van der Waals surface area contributed by atoms with Gasteiger partial charge in [-0.3, -0.25) is 4.79 Å². The Morgan fingerprint density at radius 1 is 1.31 bits per heavy atom. The van der Waals surface area contributed by atoms with E-state index in [4.69, 9.17) is 0 Å². The molecular weight excluding hydrogens is 224 g/mol. The summed E-state index contributed by atoms with van der Waals surface area (Å²) < 4.78 is 0. The summed E-state index contributed by atoms with van der Waals surface area (Å²) in [6.45, 7) is 8.42. The molecule has 0 aromatic carbocycles. The van der Waals surface area contributed by atoms with Gasteiger partial charge in [-0.25, -0.2) is 0 Å². The zero-order valence-electron chi connectivity index (χ0n) is 10.9. The Balaban J connectivity index is 0.00000225. The van der Waals surface area contributed by atoms with Crippen molar-refractivity contribution >= 4 is 18.3 Å². The first kappa shape index (κ1) is 15.7. The molecule has 0 aliphatic carbocycles. The predicted molar refractivity (Wildman–Crippen MR) is 70.0 cm³/mol. The molecular formula is C12H25ClN2O. The number of hydrogen-bond donors (Lipinski definition) is 1. The number of carbonyl (C=O) groups excluding carboxylic acids is 1. The van der Waals surface area contributed by atoms with Crippen LogP contribution in [0.1, 0.15) is 40.0 Å². The third-order valence-corrected chi connectivity index (χ3v) is 2.93. The molecule has 96 valence electrons. The number of amides is 1. The van der Waals surface area contributed by atoms with Gasteiger partial charge in [0.15, 0.2) is 0 Å². The van der Waals surface area contributed by atoms with E-state index in [0.29, 0.717) is 12.5 Å². The van der Waals surface area contributed by atoms with E-state index in [2.05, 4.69) is 26.1 Å². The number of rotatable bonds is 2. The van der Waals surface area contributed by atoms with E-state index in [1.165, 1.54) is 0 Å². The SMILES string of the molecule is CN(C(=O)CC(C)(C)C)C1CCNCC1.Cl. The number of halogens is 1. The molecule has 4 heteroatoms. The second kappa shape index (κ2) is 6.45. The van der Waals surface area contributed by atoms with Crippen LogP contribution in [-0.2, 0) is 4.79 Å². The van der Waals surface area contributed by atoms with E-state index < -0.39 is 0 Å². The first-order valence-corrected chi connectivity index (χ1v) is 5.86. The molecule has 0 radical (unpaired) electrons. The summed E-state index contributed by atoms with van der Waals surface area (Å²) in [5.74, 6) is 0.286. The Hall–Kier alpha value is -0.280. The largest absolute Gasteiger partial charge is 0.343 e. The third kappa shape index (κ3) is 5.17. The van der Waals surface area contributed by atoms with Crippen LogP contribution in [0.5, 0.6) is 0 Å². The highest BCUT2D eigenvalue weighted by Gasteiger charge is 2.25. The first-order chi connectivity index (χ1) is 6.90. The van der Waals surface area contributed by atoms with Crippen LogP contribution in [0.15, 0.2) is 0 Å². The van der Waals surface area contributed by atoms with Crippen molar-refractivity contribution in [2.75, 3.05) is 20.1 Å². The standard InChI is InChI=1S/C12H24N2O.ClH/c1-12(2,3)9-11(15)14(4)10-5-7-13-8-6-10;/h10,13H,5-9H2,1-4H3;1H. The van der Waals surface area contributed by atoms with Gasteiger partial charge in [0, 0.05) is 19.5 Å². The molecule has 1 rings (SSSR count). The van der Waals surface area contributed by atoms with E-state index >= 15 is 0 Å². The van der Waals surface area contributed by atoms with Gasteiger partial charge in [-0.05, 0) is 31.3 Å². The molecule has 1 fully saturated rings. The summed E-state index contributed by atoms with van der Waals surface area (Å²) in [4.78, 5) is 13.9. The van der Waals surface area contributed by atoms with Crippen molar-refractivity contribution in [3.05, 3.63) is 0 Å². The van der Waals surface area contributed by atoms with Crippen LogP contribution in [0.25, 0.3) is 0 Å². The maximum Gasteiger partial charge on any atom is 0.223 e. The van der Waals surface area contributed by atoms with Crippen LogP contribution >= 0.6 is 12.4 Å². The molecule has 0 spiro atoms. The summed E-state index contributed by atoms with van der Waals surface area (Å²) in [5.41, 5.74) is 0.0955. The molecule has 0 aromatic rings. The van der Waals surface area contributed by atoms with Gasteiger partial charge in [0.2, 0.25) is 5.91 Å². The molecule has 1 aliphatic heterocycles. The Kier molecular flexibility index (Phi) is 6.34. The Morgan fingerprint density at radius 2 is 1.81 bits per heavy atom. The van der Waals surface area contributed by atoms with E-state index in [1.54, 1.807) is 0 Å². The molecule has 3 nitrogen and oxygen atoms in total. The topological polar surface area (TPSA) is 32.3 Å². The number of nitrogens with one attached hydrogen (secondary N) is 1. The van der Waals surface area contributed by atoms with Crippen molar-refractivity contribution in [3.63, 3.8) is 0 Å². The molecule has 1 amide bonds. The Labute approximate surface area is 105 Å². The van der Waals surface area contributed by atoms with Crippen molar-refractivity contribution in [3.8, 4) is 0 Å². The smallest absolute Gasteiger partial charge is 0.223 e. The monoisotopic (exact) mass is 248 g/mol. The molecule has 0 bridgehead atoms. The molecule has 16 heavy (non-hydrogen) atoms. The summed E-state index contributed by atoms with van der Waals surface area (Å²) in [5, 5.41) is 3.32. The van der Waals surface area contributed by atoms with Crippen LogP contribution in [-0.4, -0.2) is 37.0 Å². The molecule has 0 saturated carbocycles. The van der Waals surface area contributed by atoms with Gasteiger partial charge in [0.25, 0.3) is 0 Å². The van der Waals surface area contributed by atoms with Crippen LogP contribution in [0.4, 0.5) is 0 Å². The van der Waals surface area contributed by atoms with E-state index in [-0.39, 0.29) is 23.7 Å². The van der Waals surface area contributed by atoms with Crippen molar-refractivity contribution in [2.45, 2.75) is 46.1 Å². The van der Waals surface area contributed by atoms with Crippen molar-refractivity contribution in [2.24, 2.45) is 5.41 Å². The highest BCUT2D eigenvalue weighted by atomic mass is 35.5. The normalized spacial score (nSPS) is 17.8. The minimum absolute atomic E-state index is 0. The van der Waals surface area contributed by atoms with Crippen molar-refractivity contribution < 1.29 is 4.79 Å². The van der Waals surface area contributed by atoms with Gasteiger partial charge >= 0.3 is 0 Å². The minimum Gasteiger partial charge on any atom is -0.343 e. The van der Waals surface area contributed by atoms with Crippen molar-refractivity contribution in [1.29, 1.82) is 0 Å². The molecule has 1 heterocycles. The average molecular weight is 249 g/mol. The first-order valence-electron chi connectivity index (χ1n) is 5.86. The van der Waals surface area contributed by atoms with Crippen LogP contribution in [0, 0.1) is 5.41 Å². The average Bonchev–Trinajstić information content (AvgIpc) is 2.15. The van der Waals surface area contributed by atoms with Gasteiger partial charge in [0.1, 0.15) is 0 Å². The molecule has 1 N–H and O–H groups in total. The lowest BCUT2D eigenvalue weighted by Crippen LogP contribution is -2.44. The molecule has 0 unspecified atom stereocenters. The third-order valence-electron chi connectivity index (χ3n) is 2.93. The fourth-order valence-electron chi connectivity index (χ4n) is 1.98. The molecule has 0 aromatic heterocycles. The quantitative estimate of drug-likeness (QED) is 0.811. The van der Waals surface area contributed by atoms with Crippen molar-refractivity contribution in [1.82, 2.24) is 10.2 Å². The number of piperidine rings is 1. The van der Waals surface area contributed by atoms with Crippen LogP contribution < -0.4 is 5.32 Å². The van der Waals surface area contributed by atoms with E-state index in [1.807, 2.05) is 11.9 Å². The molecule has 1 saturated heterocycles. The van der Waals surface area contributed by atoms with Gasteiger partial charge in [-0.2, -0.15) is 0 Å². The summed E-state index contributed by atoms with van der Waals surface area (Å²) in [6, 6.07) is 0.445. The lowest BCUT2D eigenvalue weighted by atomic mass is 9.91. The van der Waals surface area contributed by atoms with Gasteiger partial charge in [-0.15, -0.1) is 12.4 Å². The maximum absolute atomic E-state index is 12.0. The summed E-state index contributed by atoms with van der Waals surface area (Å²) in [7, 11) is 1.95. The predicted octanol–water partition coefficient (Wildman–Crippen LogP) is 2.05. The lowest BCUT2D eigenvalue weighted by Gasteiger charge is -2.33. The lowest BCUT2D eigenvalue weighted by molar-refractivity contribution is -0.134. The Morgan fingerprint density at radius 3 is 2.25 bits per heavy atom. The zero-order chi connectivity index (χ0) is 11.5. The van der Waals surface area contributed by atoms with Crippen LogP contribution in [0.3, 0.4) is 0 Å². The zero-order valence-corrected chi connectivity index (χ0v) is 11.7. The highest BCUT2D eigenvalue weighted by molar-refractivity contribution is 5.85. The van der Waals surface area contributed by atoms with Gasteiger partial charge in [0.05, 0.1) is 0 Å². The molecule has 0 atom stereocenters. The minimum atomic E-state index is 0. The number of carbonyl (C=O) groups is 1. The number of hydrogen-bond acceptors (Lipinski definition) is 2. The fraction of sp³-hybridized carbons (Fsp3) is 0.917. The summed E-state index contributed by atoms with van der Waals surface area (Å²) >= 11 is 0. The van der Waals surface area contributed by atoms with Gasteiger partial charge in [-0.1, -0.05) is 20.8 Å². The molecule has 1 aliphatic rings. The van der Waals surface area contributed by atoms with Crippen LogP contribution in [0.2, 0.25) is 0 Å². The Bertz CT molecular complexity index is 220. The second-order valence-electron chi connectivity index (χ2n) is 5.72.